The maximum Gasteiger partial charge on any atom is 0.410 e. The molecule has 72 heavy (non-hydrogen) atoms. The predicted molar refractivity (Wildman–Crippen MR) is 253 cm³/mol. The maximum absolute atomic E-state index is 14.9. The Bertz CT molecular complexity index is 2510. The number of alkyl halides is 3. The number of ether oxygens (including phenoxy) is 4. The molecule has 394 valence electrons. The van der Waals surface area contributed by atoms with Gasteiger partial charge in [0.2, 0.25) is 23.6 Å². The highest BCUT2D eigenvalue weighted by atomic mass is 19.4. The minimum Gasteiger partial charge on any atom is -0.491 e. The van der Waals surface area contributed by atoms with Gasteiger partial charge in [0.1, 0.15) is 47.5 Å². The van der Waals surface area contributed by atoms with E-state index in [1.165, 1.54) is 26.3 Å². The average Bonchev–Trinajstić information content (AvgIpc) is 3.74. The van der Waals surface area contributed by atoms with Gasteiger partial charge in [0.05, 0.1) is 43.3 Å². The van der Waals surface area contributed by atoms with Crippen LogP contribution in [0.25, 0.3) is 10.9 Å². The first-order valence-corrected chi connectivity index (χ1v) is 23.1. The number of rotatable bonds is 22. The Morgan fingerprint density at radius 3 is 2.11 bits per heavy atom. The normalized spacial score (nSPS) is 13.6. The highest BCUT2D eigenvalue weighted by Gasteiger charge is 2.43. The van der Waals surface area contributed by atoms with Crippen molar-refractivity contribution in [2.75, 3.05) is 34.4 Å². The Balaban J connectivity index is 1.70. The van der Waals surface area contributed by atoms with Crippen LogP contribution in [-0.2, 0) is 41.5 Å². The van der Waals surface area contributed by atoms with Crippen LogP contribution in [0.1, 0.15) is 96.5 Å². The Hall–Kier alpha value is -7.07. The minimum absolute atomic E-state index is 0.0225. The summed E-state index contributed by atoms with van der Waals surface area (Å²) in [7, 11) is 3.67. The second-order valence-corrected chi connectivity index (χ2v) is 19.4. The Morgan fingerprint density at radius 2 is 1.51 bits per heavy atom. The summed E-state index contributed by atoms with van der Waals surface area (Å²) in [5, 5.41) is 11.3. The molecular formula is C49H64F4N8O11. The Kier molecular flexibility index (Phi) is 19.9. The number of carbonyl (C=O) groups is 6. The summed E-state index contributed by atoms with van der Waals surface area (Å²) in [6, 6.07) is 6.00. The number of aromatic nitrogens is 3. The molecule has 0 fully saturated rings. The summed E-state index contributed by atoms with van der Waals surface area (Å²) in [6.07, 6.45) is -7.34. The van der Waals surface area contributed by atoms with Gasteiger partial charge in [-0.25, -0.2) is 9.18 Å². The van der Waals surface area contributed by atoms with Crippen molar-refractivity contribution < 1.29 is 69.8 Å². The van der Waals surface area contributed by atoms with Crippen LogP contribution < -0.4 is 25.4 Å². The lowest BCUT2D eigenvalue weighted by molar-refractivity contribution is -0.163. The van der Waals surface area contributed by atoms with E-state index in [0.717, 1.165) is 24.2 Å². The molecule has 0 aliphatic rings. The van der Waals surface area contributed by atoms with Crippen LogP contribution in [0, 0.1) is 11.7 Å². The van der Waals surface area contributed by atoms with Gasteiger partial charge in [0.15, 0.2) is 0 Å². The van der Waals surface area contributed by atoms with Crippen molar-refractivity contribution >= 4 is 46.6 Å². The molecular weight excluding hydrogens is 953 g/mol. The van der Waals surface area contributed by atoms with Crippen molar-refractivity contribution in [1.82, 2.24) is 40.9 Å². The molecule has 0 saturated carbocycles. The second-order valence-electron chi connectivity index (χ2n) is 19.4. The van der Waals surface area contributed by atoms with Crippen LogP contribution in [0.3, 0.4) is 0 Å². The number of fused-ring (bicyclic) bond motifs is 1. The van der Waals surface area contributed by atoms with Crippen molar-refractivity contribution in [2.24, 2.45) is 5.92 Å². The van der Waals surface area contributed by atoms with E-state index < -0.39 is 103 Å². The third-order valence-corrected chi connectivity index (χ3v) is 10.5. The van der Waals surface area contributed by atoms with Crippen LogP contribution in [0.2, 0.25) is 0 Å². The summed E-state index contributed by atoms with van der Waals surface area (Å²) in [4.78, 5) is 92.6. The van der Waals surface area contributed by atoms with Crippen LogP contribution in [-0.4, -0.2) is 137 Å². The van der Waals surface area contributed by atoms with Gasteiger partial charge in [-0.2, -0.15) is 18.2 Å². The van der Waals surface area contributed by atoms with Gasteiger partial charge in [0, 0.05) is 32.4 Å². The molecule has 19 nitrogen and oxygen atoms in total. The first-order valence-electron chi connectivity index (χ1n) is 23.1. The summed E-state index contributed by atoms with van der Waals surface area (Å²) in [6.45, 7) is 12.6. The molecule has 23 heteroatoms. The molecule has 2 heterocycles. The molecule has 5 amide bonds. The number of pyridine rings is 1. The van der Waals surface area contributed by atoms with Gasteiger partial charge in [-0.1, -0.05) is 44.2 Å². The summed E-state index contributed by atoms with van der Waals surface area (Å²) >= 11 is 0. The topological polar surface area (TPSA) is 234 Å². The summed E-state index contributed by atoms with van der Waals surface area (Å²) in [5.41, 5.74) is -1.57. The van der Waals surface area contributed by atoms with E-state index in [9.17, 15) is 46.3 Å². The fourth-order valence-electron chi connectivity index (χ4n) is 7.22. The fraction of sp³-hybridized carbons (Fsp3) is 0.531. The first kappa shape index (κ1) is 57.5. The number of carbonyl (C=O) groups excluding carboxylic acids is 6. The number of halogens is 4. The number of nitrogens with zero attached hydrogens (tertiary/aromatic N) is 5. The van der Waals surface area contributed by atoms with E-state index in [-0.39, 0.29) is 65.8 Å². The van der Waals surface area contributed by atoms with Crippen LogP contribution in [0.5, 0.6) is 11.8 Å². The van der Waals surface area contributed by atoms with E-state index >= 15 is 0 Å². The minimum atomic E-state index is -4.95. The molecule has 0 aliphatic carbocycles. The lowest BCUT2D eigenvalue weighted by atomic mass is 10.00. The van der Waals surface area contributed by atoms with Crippen LogP contribution in [0.15, 0.2) is 59.3 Å². The number of hydrogen-bond donors (Lipinski definition) is 3. The van der Waals surface area contributed by atoms with E-state index in [4.69, 9.17) is 23.5 Å². The van der Waals surface area contributed by atoms with E-state index in [2.05, 4.69) is 31.1 Å². The van der Waals surface area contributed by atoms with E-state index in [1.807, 2.05) is 0 Å². The number of nitrogens with one attached hydrogen (secondary N) is 3. The zero-order valence-corrected chi connectivity index (χ0v) is 42.3. The summed E-state index contributed by atoms with van der Waals surface area (Å²) < 4.78 is 85.1. The zero-order chi connectivity index (χ0) is 53.7. The van der Waals surface area contributed by atoms with Gasteiger partial charge in [0.25, 0.3) is 5.91 Å². The highest BCUT2D eigenvalue weighted by Crippen LogP contribution is 2.30. The number of esters is 1. The smallest absolute Gasteiger partial charge is 0.410 e. The van der Waals surface area contributed by atoms with Gasteiger partial charge in [-0.15, -0.1) is 0 Å². The number of hydrogen-bond acceptors (Lipinski definition) is 14. The van der Waals surface area contributed by atoms with E-state index in [1.54, 1.807) is 85.7 Å². The van der Waals surface area contributed by atoms with Gasteiger partial charge >= 0.3 is 24.2 Å². The van der Waals surface area contributed by atoms with Crippen molar-refractivity contribution in [1.29, 1.82) is 0 Å². The molecule has 4 aromatic rings. The van der Waals surface area contributed by atoms with Crippen molar-refractivity contribution in [2.45, 2.75) is 129 Å². The molecule has 0 unspecified atom stereocenters. The number of methoxy groups -OCH3 is 1. The SMILES string of the molecule is COc1noc(CCNC(=O)[C@H](CC(=O)OC(C)(C)C)NC(=O)c2c(OC[C@@H](Cc3ccccc3)NC(=O)[C@@H](CC(F)(F)F)N(C)C(=O)[C@H](CC(C)C)N(C)C(=O)OC(C)(C)C)ccc3ncc(F)cc23)n1. The standard InChI is InChI=1S/C49H64F4N8O11/c1-28(2)21-35(61(10)46(67)71-48(6,7)8)44(66)60(9)36(25-49(51,52)53)42(64)56-31(22-29-15-13-12-14-16-29)27-69-37-18-17-33-32(23-30(50)26-55-33)40(37)43(65)57-34(24-39(62)70-47(3,4)5)41(63)54-20-19-38-58-45(68-11)59-72-38/h12-18,23,26,28,31,34-36H,19-22,24-25,27H2,1-11H3,(H,54,63)(H,56,64)(H,57,65)/t31-,34+,35+,36-/m1/s1. The first-order chi connectivity index (χ1) is 33.5. The molecule has 2 aromatic heterocycles. The third kappa shape index (κ3) is 18.0. The number of likely N-dealkylation sites (N-methyl/N-ethyl adjacent to an activating group) is 2. The molecule has 3 N–H and O–H groups in total. The Morgan fingerprint density at radius 1 is 0.847 bits per heavy atom. The van der Waals surface area contributed by atoms with Crippen molar-refractivity contribution in [3.05, 3.63) is 77.6 Å². The molecule has 2 aromatic carbocycles. The maximum atomic E-state index is 14.9. The molecule has 0 radical (unpaired) electrons. The van der Waals surface area contributed by atoms with Gasteiger partial charge < -0.3 is 44.3 Å². The third-order valence-electron chi connectivity index (χ3n) is 10.5. The Labute approximate surface area is 415 Å². The predicted octanol–water partition coefficient (Wildman–Crippen LogP) is 6.12. The van der Waals surface area contributed by atoms with Gasteiger partial charge in [-0.3, -0.25) is 33.9 Å². The van der Waals surface area contributed by atoms with Crippen LogP contribution in [0.4, 0.5) is 22.4 Å². The van der Waals surface area contributed by atoms with Crippen molar-refractivity contribution in [3.8, 4) is 11.8 Å². The summed E-state index contributed by atoms with van der Waals surface area (Å²) in [5.74, 6) is -6.08. The fourth-order valence-corrected chi connectivity index (χ4v) is 7.22. The second kappa shape index (κ2) is 24.9. The highest BCUT2D eigenvalue weighted by molar-refractivity contribution is 6.10. The number of amides is 5. The molecule has 0 spiro atoms. The molecule has 4 rings (SSSR count). The lowest BCUT2D eigenvalue weighted by Gasteiger charge is -2.36. The average molecular weight is 1020 g/mol. The largest absolute Gasteiger partial charge is 0.491 e. The molecule has 4 atom stereocenters. The molecule has 0 aliphatic heterocycles. The van der Waals surface area contributed by atoms with Gasteiger partial charge in [-0.05, 0) is 89.2 Å². The quantitative estimate of drug-likeness (QED) is 0.0595. The van der Waals surface area contributed by atoms with Crippen molar-refractivity contribution in [3.63, 3.8) is 0 Å². The molecule has 0 bridgehead atoms. The monoisotopic (exact) mass is 1020 g/mol. The number of benzene rings is 2. The molecule has 0 saturated heterocycles. The lowest BCUT2D eigenvalue weighted by Crippen LogP contribution is -2.57. The van der Waals surface area contributed by atoms with Crippen LogP contribution >= 0.6 is 0 Å². The zero-order valence-electron chi connectivity index (χ0n) is 42.3. The van der Waals surface area contributed by atoms with E-state index in [0.29, 0.717) is 10.5 Å².